The first-order valence-corrected chi connectivity index (χ1v) is 26.8. The molecule has 0 bridgehead atoms. The van der Waals surface area contributed by atoms with Crippen molar-refractivity contribution in [1.29, 1.82) is 0 Å². The number of benzene rings is 9. The minimum absolute atomic E-state index is 0. The van der Waals surface area contributed by atoms with Crippen molar-refractivity contribution in [2.75, 3.05) is 9.80 Å². The second kappa shape index (κ2) is 20.4. The summed E-state index contributed by atoms with van der Waals surface area (Å²) in [5, 5.41) is 2.22. The fourth-order valence-electron chi connectivity index (χ4n) is 10.6. The third-order valence-corrected chi connectivity index (χ3v) is 15.0. The molecule has 0 aliphatic carbocycles. The molecular weight excluding hydrogens is 1130 g/mol. The predicted octanol–water partition coefficient (Wildman–Crippen LogP) is 19.5. The Morgan fingerprint density at radius 2 is 0.987 bits per heavy atom. The average Bonchev–Trinajstić information content (AvgIpc) is 4.23. The molecule has 1 aliphatic heterocycles. The van der Waals surface area contributed by atoms with E-state index in [0.717, 1.165) is 67.1 Å². The van der Waals surface area contributed by atoms with Crippen LogP contribution in [0.5, 0.6) is 11.5 Å². The Balaban J connectivity index is 0.00000645. The third-order valence-electron chi connectivity index (χ3n) is 15.0. The summed E-state index contributed by atoms with van der Waals surface area (Å²) >= 11 is 0. The zero-order valence-electron chi connectivity index (χ0n) is 45.8. The molecule has 0 atom stereocenters. The smallest absolute Gasteiger partial charge is 0.135 e. The van der Waals surface area contributed by atoms with Crippen LogP contribution < -0.4 is 14.5 Å². The van der Waals surface area contributed by atoms with Gasteiger partial charge in [-0.25, -0.2) is 4.98 Å². The molecule has 0 amide bonds. The van der Waals surface area contributed by atoms with Gasteiger partial charge in [-0.05, 0) is 132 Å². The molecule has 0 saturated carbocycles. The van der Waals surface area contributed by atoms with Crippen LogP contribution in [0.3, 0.4) is 0 Å². The second-order valence-electron chi connectivity index (χ2n) is 23.5. The van der Waals surface area contributed by atoms with Crippen LogP contribution in [0, 0.1) is 18.8 Å². The third kappa shape index (κ3) is 10.1. The van der Waals surface area contributed by atoms with Crippen LogP contribution in [0.1, 0.15) is 79.0 Å². The van der Waals surface area contributed by atoms with Crippen LogP contribution in [0.25, 0.3) is 72.1 Å². The van der Waals surface area contributed by atoms with Crippen molar-refractivity contribution in [2.45, 2.75) is 78.6 Å². The van der Waals surface area contributed by atoms with E-state index < -0.39 is 0 Å². The van der Waals surface area contributed by atoms with E-state index >= 15 is 0 Å². The number of ether oxygens (including phenoxy) is 1. The number of para-hydroxylation sites is 3. The van der Waals surface area contributed by atoms with Crippen molar-refractivity contribution in [3.8, 4) is 61.8 Å². The van der Waals surface area contributed by atoms with Gasteiger partial charge in [0.25, 0.3) is 0 Å². The summed E-state index contributed by atoms with van der Waals surface area (Å²) in [7, 11) is 0. The topological polar surface area (TPSA) is 33.5 Å². The molecule has 12 rings (SSSR count). The van der Waals surface area contributed by atoms with Gasteiger partial charge in [-0.2, -0.15) is 12.1 Å². The summed E-state index contributed by atoms with van der Waals surface area (Å²) in [5.41, 5.74) is 18.9. The van der Waals surface area contributed by atoms with Crippen LogP contribution in [-0.4, -0.2) is 9.55 Å². The van der Waals surface area contributed by atoms with Gasteiger partial charge in [0.15, 0.2) is 0 Å². The number of fused-ring (bicyclic) bond motifs is 4. The summed E-state index contributed by atoms with van der Waals surface area (Å²) < 4.78 is 8.95. The summed E-state index contributed by atoms with van der Waals surface area (Å²) in [6.07, 6.45) is 1.91. The van der Waals surface area contributed by atoms with Gasteiger partial charge in [0.05, 0.1) is 0 Å². The number of hydrogen-bond donors (Lipinski definition) is 0. The first kappa shape index (κ1) is 52.1. The van der Waals surface area contributed by atoms with Crippen molar-refractivity contribution < 1.29 is 25.8 Å². The van der Waals surface area contributed by atoms with Crippen LogP contribution in [-0.2, 0) is 37.3 Å². The Kier molecular flexibility index (Phi) is 13.6. The summed E-state index contributed by atoms with van der Waals surface area (Å²) in [6.45, 7) is 22.8. The standard InChI is InChI=1S/C72H63N4O.Pt/c1-70(2,3)55-35-36-73-69(44-55)76-64-28-17-16-27-62(64)63-34-32-60(46-68(63)76)77-59-26-20-25-58(45-59)74-47-75(66-30-19-18-29-65(66)74)67-42-50(31-33-61(67)54-40-56(71(4,5)6)43-57(41-54)72(7,8)9)53-38-51(48-21-12-10-13-22-48)37-52(39-53)49-23-14-11-15-24-49;/h10-44,47H,1-9H3;/q-3;. The molecule has 390 valence electrons. The number of pyridine rings is 1. The van der Waals surface area contributed by atoms with Crippen molar-refractivity contribution in [3.63, 3.8) is 0 Å². The van der Waals surface area contributed by atoms with E-state index in [1.807, 2.05) is 24.4 Å². The van der Waals surface area contributed by atoms with E-state index in [1.165, 1.54) is 44.5 Å². The first-order valence-electron chi connectivity index (χ1n) is 26.8. The number of aromatic nitrogens is 2. The van der Waals surface area contributed by atoms with Crippen molar-refractivity contribution in [1.82, 2.24) is 9.55 Å². The second-order valence-corrected chi connectivity index (χ2v) is 23.5. The molecule has 0 saturated heterocycles. The summed E-state index contributed by atoms with van der Waals surface area (Å²) in [5.74, 6) is 2.03. The Morgan fingerprint density at radius 3 is 1.63 bits per heavy atom. The van der Waals surface area contributed by atoms with Crippen molar-refractivity contribution >= 4 is 44.6 Å². The van der Waals surface area contributed by atoms with Crippen molar-refractivity contribution in [2.24, 2.45) is 0 Å². The number of anilines is 4. The van der Waals surface area contributed by atoms with Gasteiger partial charge in [-0.1, -0.05) is 189 Å². The summed E-state index contributed by atoms with van der Waals surface area (Å²) in [4.78, 5) is 9.48. The van der Waals surface area contributed by atoms with Crippen LogP contribution in [0.15, 0.2) is 212 Å². The maximum absolute atomic E-state index is 6.75. The maximum Gasteiger partial charge on any atom is 0.135 e. The van der Waals surface area contributed by atoms with E-state index in [0.29, 0.717) is 11.5 Å². The minimum Gasteiger partial charge on any atom is -0.509 e. The largest absolute Gasteiger partial charge is 0.509 e. The Labute approximate surface area is 475 Å². The molecule has 6 heteroatoms. The molecule has 0 fully saturated rings. The number of rotatable bonds is 9. The zero-order valence-corrected chi connectivity index (χ0v) is 48.1. The van der Waals surface area contributed by atoms with Gasteiger partial charge in [-0.15, -0.1) is 48.1 Å². The van der Waals surface area contributed by atoms with Gasteiger partial charge < -0.3 is 19.1 Å². The van der Waals surface area contributed by atoms with Gasteiger partial charge in [0.2, 0.25) is 0 Å². The Morgan fingerprint density at radius 1 is 0.410 bits per heavy atom. The average molecular weight is 1200 g/mol. The molecule has 0 spiro atoms. The minimum atomic E-state index is -0.0644. The molecule has 5 nitrogen and oxygen atoms in total. The van der Waals surface area contributed by atoms with Gasteiger partial charge in [-0.3, -0.25) is 0 Å². The molecule has 2 aromatic heterocycles. The fourth-order valence-corrected chi connectivity index (χ4v) is 10.6. The van der Waals surface area contributed by atoms with E-state index in [-0.39, 0.29) is 37.3 Å². The fraction of sp³-hybridized carbons (Fsp3) is 0.167. The first-order chi connectivity index (χ1) is 37.0. The van der Waals surface area contributed by atoms with E-state index in [4.69, 9.17) is 9.72 Å². The van der Waals surface area contributed by atoms with Crippen LogP contribution in [0.4, 0.5) is 22.7 Å². The zero-order chi connectivity index (χ0) is 53.2. The van der Waals surface area contributed by atoms with Gasteiger partial charge in [0.1, 0.15) is 5.82 Å². The molecule has 11 aromatic rings. The summed E-state index contributed by atoms with van der Waals surface area (Å²) in [6, 6.07) is 81.6. The molecule has 1 aliphatic rings. The Hall–Kier alpha value is -7.98. The monoisotopic (exact) mass is 1190 g/mol. The van der Waals surface area contributed by atoms with E-state index in [2.05, 4.69) is 284 Å². The van der Waals surface area contributed by atoms with Gasteiger partial charge >= 0.3 is 0 Å². The number of hydrogen-bond acceptors (Lipinski definition) is 4. The molecule has 0 radical (unpaired) electrons. The SMILES string of the molecule is CC(C)(C)c1cc(-c2ccc(-c3cc(-c4ccccc4)cc(-c4ccccc4)c3)cc2N2[CH-]N(c3[c-]c(Oc4[c-]c5c(cc4)c4ccccc4n5-c4cc(C(C)(C)C)ccn4)ccc3)c3ccccc32)cc(C(C)(C)C)c1.[Pt]. The van der Waals surface area contributed by atoms with Gasteiger partial charge in [0, 0.05) is 66.9 Å². The van der Waals surface area contributed by atoms with E-state index in [9.17, 15) is 0 Å². The van der Waals surface area contributed by atoms with Crippen LogP contribution >= 0.6 is 0 Å². The molecule has 3 heterocycles. The van der Waals surface area contributed by atoms with Crippen molar-refractivity contribution in [3.05, 3.63) is 248 Å². The molecule has 9 aromatic carbocycles. The predicted molar refractivity (Wildman–Crippen MR) is 322 cm³/mol. The molecule has 0 unspecified atom stereocenters. The quantitative estimate of drug-likeness (QED) is 0.135. The van der Waals surface area contributed by atoms with Crippen LogP contribution in [0.2, 0.25) is 0 Å². The normalized spacial score (nSPS) is 12.7. The van der Waals surface area contributed by atoms with E-state index in [1.54, 1.807) is 0 Å². The molecule has 0 N–H and O–H groups in total. The number of nitrogens with zero attached hydrogens (tertiary/aromatic N) is 4. The molecule has 78 heavy (non-hydrogen) atoms. The maximum atomic E-state index is 6.75. The molecular formula is C72H63N4OPt-3. The Bertz CT molecular complexity index is 3920.